The molecule has 0 N–H and O–H groups in total. The Bertz CT molecular complexity index is 1210. The van der Waals surface area contributed by atoms with Gasteiger partial charge >= 0.3 is 0 Å². The molecule has 6 rings (SSSR count). The van der Waals surface area contributed by atoms with E-state index >= 15 is 0 Å². The van der Waals surface area contributed by atoms with E-state index in [0.717, 1.165) is 36.3 Å². The normalized spacial score (nSPS) is 17.9. The van der Waals surface area contributed by atoms with E-state index < -0.39 is 0 Å². The van der Waals surface area contributed by atoms with Crippen molar-refractivity contribution in [1.29, 1.82) is 0 Å². The number of hydrogen-bond donors (Lipinski definition) is 0. The van der Waals surface area contributed by atoms with Crippen molar-refractivity contribution in [2.24, 2.45) is 0 Å². The fourth-order valence-corrected chi connectivity index (χ4v) is 4.64. The molecule has 2 aliphatic heterocycles. The van der Waals surface area contributed by atoms with Crippen molar-refractivity contribution in [1.82, 2.24) is 19.9 Å². The second kappa shape index (κ2) is 8.32. The molecule has 9 heteroatoms. The minimum absolute atomic E-state index is 0. The number of anilines is 2. The number of pyridine rings is 1. The molecule has 3 aromatic rings. The second-order valence-electron chi connectivity index (χ2n) is 8.59. The molecule has 1 radical (unpaired) electrons. The van der Waals surface area contributed by atoms with Crippen molar-refractivity contribution in [2.45, 2.75) is 18.3 Å². The second-order valence-corrected chi connectivity index (χ2v) is 8.59. The van der Waals surface area contributed by atoms with Gasteiger partial charge in [-0.2, -0.15) is 0 Å². The average molecular weight is 612 g/mol. The predicted molar refractivity (Wildman–Crippen MR) is 119 cm³/mol. The topological polar surface area (TPSA) is 93.4 Å². The summed E-state index contributed by atoms with van der Waals surface area (Å²) in [4.78, 5) is 42.0. The predicted octanol–water partition coefficient (Wildman–Crippen LogP) is 3.08. The van der Waals surface area contributed by atoms with Crippen LogP contribution in [0.15, 0.2) is 55.0 Å². The molecule has 8 nitrogen and oxygen atoms in total. The largest absolute Gasteiger partial charge is 0.650 e. The number of amides is 2. The van der Waals surface area contributed by atoms with Gasteiger partial charge in [0.15, 0.2) is 0 Å². The van der Waals surface area contributed by atoms with Crippen LogP contribution in [0.5, 0.6) is 0 Å². The van der Waals surface area contributed by atoms with Gasteiger partial charge in [0.2, 0.25) is 5.95 Å². The summed E-state index contributed by atoms with van der Waals surface area (Å²) in [6.07, 6.45) is 7.58. The Balaban J connectivity index is 0.00000228. The third kappa shape index (κ3) is 3.81. The smallest absolute Gasteiger partial charge is 0.254 e. The molecule has 167 valence electrons. The molecule has 0 bridgehead atoms. The van der Waals surface area contributed by atoms with Crippen molar-refractivity contribution >= 4 is 23.5 Å². The molecule has 4 heterocycles. The van der Waals surface area contributed by atoms with E-state index in [1.165, 1.54) is 5.56 Å². The van der Waals surface area contributed by atoms with Crippen LogP contribution >= 0.6 is 0 Å². The average Bonchev–Trinajstić information content (AvgIpc) is 3.55. The maximum absolute atomic E-state index is 13.0. The molecule has 2 fully saturated rings. The number of carbonyl (C=O) groups is 2. The number of benzene rings is 1. The van der Waals surface area contributed by atoms with Gasteiger partial charge in [0, 0.05) is 74.3 Å². The van der Waals surface area contributed by atoms with E-state index in [-0.39, 0.29) is 44.2 Å². The summed E-state index contributed by atoms with van der Waals surface area (Å²) in [7, 11) is 0. The molecule has 1 spiro atoms. The molecule has 2 aromatic heterocycles. The summed E-state index contributed by atoms with van der Waals surface area (Å²) in [6.45, 7) is 1.68. The quantitative estimate of drug-likeness (QED) is 0.452. The van der Waals surface area contributed by atoms with Crippen molar-refractivity contribution in [2.75, 3.05) is 31.1 Å². The Labute approximate surface area is 205 Å². The number of carbonyl (C=O) groups excluding carboxylic acids is 2. The van der Waals surface area contributed by atoms with Gasteiger partial charge < -0.3 is 19.9 Å². The van der Waals surface area contributed by atoms with Gasteiger partial charge in [0.25, 0.3) is 5.91 Å². The third-order valence-corrected chi connectivity index (χ3v) is 6.53. The number of nitrogens with zero attached hydrogens (tertiary/aromatic N) is 6. The van der Waals surface area contributed by atoms with Crippen molar-refractivity contribution < 1.29 is 30.0 Å². The molecule has 33 heavy (non-hydrogen) atoms. The van der Waals surface area contributed by atoms with E-state index in [0.29, 0.717) is 24.6 Å². The van der Waals surface area contributed by atoms with E-state index in [1.807, 2.05) is 30.3 Å². The van der Waals surface area contributed by atoms with Gasteiger partial charge in [-0.25, -0.2) is 9.97 Å². The Morgan fingerprint density at radius 3 is 2.58 bits per heavy atom. The zero-order valence-corrected chi connectivity index (χ0v) is 20.5. The molecule has 0 unspecified atom stereocenters. The Hall–Kier alpha value is -3.15. The number of fused-ring (bicyclic) bond motifs is 2. The van der Waals surface area contributed by atoms with Crippen LogP contribution in [-0.4, -0.2) is 57.8 Å². The minimum atomic E-state index is -0.245. The van der Waals surface area contributed by atoms with Crippen LogP contribution in [0.2, 0.25) is 0 Å². The first kappa shape index (κ1) is 21.7. The summed E-state index contributed by atoms with van der Waals surface area (Å²) < 4.78 is 0. The van der Waals surface area contributed by atoms with Crippen LogP contribution in [-0.2, 0) is 30.6 Å². The molecule has 2 amide bonds. The van der Waals surface area contributed by atoms with Crippen LogP contribution in [0.1, 0.15) is 28.8 Å². The molecular formula is C24H21N6O2Re-. The van der Waals surface area contributed by atoms with Crippen molar-refractivity contribution in [3.8, 4) is 11.3 Å². The monoisotopic (exact) mass is 612 g/mol. The molecule has 1 aromatic carbocycles. The standard InChI is InChI=1S/C24H22N6O2.Re/c31-21-14-29(10-9-26-21)22(32)16-4-5-18-20(11-16)30(15-24(18)6-7-24)23-27-12-17(13-28-23)19-3-1-2-8-25-19;/h1-5,8,11-13H,6-7,9-10,14-15H2,(H,26,31);/p-1. The van der Waals surface area contributed by atoms with Gasteiger partial charge in [-0.3, -0.25) is 9.78 Å². The zero-order chi connectivity index (χ0) is 21.7. The van der Waals surface area contributed by atoms with Crippen molar-refractivity contribution in [3.05, 3.63) is 71.4 Å². The number of hydrogen-bond acceptors (Lipinski definition) is 6. The van der Waals surface area contributed by atoms with Crippen molar-refractivity contribution in [3.63, 3.8) is 0 Å². The van der Waals surface area contributed by atoms with E-state index in [9.17, 15) is 9.59 Å². The number of aromatic nitrogens is 3. The summed E-state index contributed by atoms with van der Waals surface area (Å²) in [6, 6.07) is 11.6. The van der Waals surface area contributed by atoms with Crippen LogP contribution in [0.3, 0.4) is 0 Å². The van der Waals surface area contributed by atoms with Gasteiger partial charge in [-0.15, -0.1) is 6.54 Å². The van der Waals surface area contributed by atoms with E-state index in [4.69, 9.17) is 0 Å². The van der Waals surface area contributed by atoms with Crippen LogP contribution in [0, 0.1) is 0 Å². The first-order valence-corrected chi connectivity index (χ1v) is 10.8. The fourth-order valence-electron chi connectivity index (χ4n) is 4.64. The van der Waals surface area contributed by atoms with Gasteiger partial charge in [-0.05, 0) is 42.7 Å². The zero-order valence-electron chi connectivity index (χ0n) is 17.8. The summed E-state index contributed by atoms with van der Waals surface area (Å²) in [5, 5.41) is 3.86. The molecular weight excluding hydrogens is 591 g/mol. The number of rotatable bonds is 3. The summed E-state index contributed by atoms with van der Waals surface area (Å²) in [5.74, 6) is 0.233. The molecule has 1 saturated carbocycles. The van der Waals surface area contributed by atoms with E-state index in [2.05, 4.69) is 31.2 Å². The number of piperazine rings is 1. The minimum Gasteiger partial charge on any atom is -0.650 e. The maximum Gasteiger partial charge on any atom is 0.254 e. The summed E-state index contributed by atoms with van der Waals surface area (Å²) in [5.41, 5.74) is 4.61. The van der Waals surface area contributed by atoms with Gasteiger partial charge in [-0.1, -0.05) is 12.1 Å². The Kier molecular flexibility index (Phi) is 5.47. The van der Waals surface area contributed by atoms with Crippen LogP contribution < -0.4 is 4.90 Å². The Morgan fingerprint density at radius 1 is 1.06 bits per heavy atom. The van der Waals surface area contributed by atoms with E-state index in [1.54, 1.807) is 23.5 Å². The summed E-state index contributed by atoms with van der Waals surface area (Å²) >= 11 is 0. The molecule has 3 aliphatic rings. The fraction of sp³-hybridized carbons (Fsp3) is 0.292. The SMILES string of the molecule is O=C1CN(C(=O)c2ccc3c(c2)N(c2ncc(-c4ccccn4)cn2)CC32CC2)CC[N-]1.[Re]. The molecule has 1 aliphatic carbocycles. The Morgan fingerprint density at radius 2 is 1.88 bits per heavy atom. The third-order valence-electron chi connectivity index (χ3n) is 6.53. The maximum atomic E-state index is 13.0. The molecule has 0 atom stereocenters. The molecule has 1 saturated heterocycles. The van der Waals surface area contributed by atoms with Gasteiger partial charge in [0.1, 0.15) is 0 Å². The van der Waals surface area contributed by atoms with Gasteiger partial charge in [0.05, 0.1) is 18.1 Å². The van der Waals surface area contributed by atoms with Crippen LogP contribution in [0.25, 0.3) is 16.6 Å². The van der Waals surface area contributed by atoms with Crippen LogP contribution in [0.4, 0.5) is 11.6 Å². The first-order chi connectivity index (χ1) is 15.6. The first-order valence-electron chi connectivity index (χ1n) is 10.8.